The normalized spacial score (nSPS) is 14.8. The SMILES string of the molecule is CCC.CNC(CO)(CC(C)C)C(=O)NC(C(=O)N(C)C/C=C(\C)C(=O)O)C(C)(C)C. The first-order chi connectivity index (χ1) is 14.1. The Hall–Kier alpha value is -1.93. The first kappa shape index (κ1) is 31.3. The lowest BCUT2D eigenvalue weighted by molar-refractivity contribution is -0.141. The van der Waals surface area contributed by atoms with E-state index in [0.717, 1.165) is 0 Å². The van der Waals surface area contributed by atoms with E-state index in [0.29, 0.717) is 6.42 Å². The van der Waals surface area contributed by atoms with E-state index < -0.39 is 35.5 Å². The molecule has 0 radical (unpaired) electrons. The van der Waals surface area contributed by atoms with Crippen LogP contribution in [0.4, 0.5) is 0 Å². The first-order valence-electron chi connectivity index (χ1n) is 10.9. The Labute approximate surface area is 188 Å². The van der Waals surface area contributed by atoms with Gasteiger partial charge in [-0.1, -0.05) is 61.0 Å². The van der Waals surface area contributed by atoms with Crippen LogP contribution in [0.5, 0.6) is 0 Å². The van der Waals surface area contributed by atoms with Gasteiger partial charge in [0.05, 0.1) is 6.61 Å². The second kappa shape index (κ2) is 14.2. The van der Waals surface area contributed by atoms with Crippen molar-refractivity contribution in [2.24, 2.45) is 11.3 Å². The van der Waals surface area contributed by atoms with Crippen LogP contribution in [0.15, 0.2) is 11.6 Å². The van der Waals surface area contributed by atoms with Crippen molar-refractivity contribution in [3.63, 3.8) is 0 Å². The molecule has 0 aromatic rings. The Morgan fingerprint density at radius 2 is 1.61 bits per heavy atom. The van der Waals surface area contributed by atoms with Crippen LogP contribution in [0, 0.1) is 11.3 Å². The maximum Gasteiger partial charge on any atom is 0.331 e. The van der Waals surface area contributed by atoms with Gasteiger partial charge in [0.1, 0.15) is 11.6 Å². The van der Waals surface area contributed by atoms with E-state index in [9.17, 15) is 19.5 Å². The molecule has 0 aromatic heterocycles. The monoisotopic (exact) mass is 443 g/mol. The van der Waals surface area contributed by atoms with Gasteiger partial charge in [-0.25, -0.2) is 4.79 Å². The number of rotatable bonds is 10. The molecule has 0 rings (SSSR count). The van der Waals surface area contributed by atoms with Crippen molar-refractivity contribution in [2.75, 3.05) is 27.2 Å². The second-order valence-corrected chi connectivity index (χ2v) is 9.48. The van der Waals surface area contributed by atoms with E-state index in [2.05, 4.69) is 24.5 Å². The van der Waals surface area contributed by atoms with Crippen LogP contribution in [0.3, 0.4) is 0 Å². The number of nitrogens with zero attached hydrogens (tertiary/aromatic N) is 1. The number of aliphatic carboxylic acids is 1. The highest BCUT2D eigenvalue weighted by Gasteiger charge is 2.42. The zero-order chi connectivity index (χ0) is 25.0. The molecule has 0 saturated heterocycles. The number of aliphatic hydroxyl groups excluding tert-OH is 1. The van der Waals surface area contributed by atoms with E-state index in [4.69, 9.17) is 5.11 Å². The van der Waals surface area contributed by atoms with E-state index in [1.807, 2.05) is 34.6 Å². The van der Waals surface area contributed by atoms with E-state index in [1.165, 1.54) is 24.3 Å². The minimum atomic E-state index is -1.18. The molecule has 0 aliphatic heterocycles. The molecule has 8 heteroatoms. The van der Waals surface area contributed by atoms with Crippen molar-refractivity contribution in [2.45, 2.75) is 79.8 Å². The van der Waals surface area contributed by atoms with Crippen LogP contribution in [0.25, 0.3) is 0 Å². The molecule has 0 fully saturated rings. The number of hydrogen-bond donors (Lipinski definition) is 4. The average Bonchev–Trinajstić information content (AvgIpc) is 2.66. The zero-order valence-electron chi connectivity index (χ0n) is 21.1. The number of carbonyl (C=O) groups is 3. The van der Waals surface area contributed by atoms with E-state index >= 15 is 0 Å². The van der Waals surface area contributed by atoms with Gasteiger partial charge >= 0.3 is 5.97 Å². The van der Waals surface area contributed by atoms with Crippen LogP contribution >= 0.6 is 0 Å². The van der Waals surface area contributed by atoms with E-state index in [-0.39, 0.29) is 23.9 Å². The topological polar surface area (TPSA) is 119 Å². The highest BCUT2D eigenvalue weighted by Crippen LogP contribution is 2.23. The number of likely N-dealkylation sites (N-methyl/N-ethyl adjacent to an activating group) is 2. The summed E-state index contributed by atoms with van der Waals surface area (Å²) in [6.07, 6.45) is 3.11. The van der Waals surface area contributed by atoms with Crippen molar-refractivity contribution < 1.29 is 24.6 Å². The molecule has 0 aliphatic rings. The molecule has 0 aliphatic carbocycles. The fourth-order valence-corrected chi connectivity index (χ4v) is 2.81. The molecule has 0 bridgehead atoms. The van der Waals surface area contributed by atoms with Crippen LogP contribution in [-0.2, 0) is 14.4 Å². The van der Waals surface area contributed by atoms with Crippen molar-refractivity contribution in [1.82, 2.24) is 15.5 Å². The number of hydrogen-bond acceptors (Lipinski definition) is 5. The van der Waals surface area contributed by atoms with Gasteiger partial charge in [-0.2, -0.15) is 0 Å². The standard InChI is InChI=1S/C20H37N3O5.C3H8/c1-13(2)11-20(12-24,21-7)18(28)22-15(19(4,5)6)16(25)23(8)10-9-14(3)17(26)27;1-3-2/h9,13,15,21,24H,10-12H2,1-8H3,(H,22,28)(H,26,27);3H2,1-2H3/b14-9+;. The molecule has 0 heterocycles. The fourth-order valence-electron chi connectivity index (χ4n) is 2.81. The molecule has 31 heavy (non-hydrogen) atoms. The van der Waals surface area contributed by atoms with E-state index in [1.54, 1.807) is 14.1 Å². The van der Waals surface area contributed by atoms with Gasteiger partial charge in [0, 0.05) is 19.2 Å². The molecule has 0 aromatic carbocycles. The van der Waals surface area contributed by atoms with Gasteiger partial charge in [-0.3, -0.25) is 9.59 Å². The third-order valence-corrected chi connectivity index (χ3v) is 4.71. The number of carboxylic acids is 1. The summed E-state index contributed by atoms with van der Waals surface area (Å²) in [6, 6.07) is -0.838. The summed E-state index contributed by atoms with van der Waals surface area (Å²) >= 11 is 0. The quantitative estimate of drug-likeness (QED) is 0.385. The van der Waals surface area contributed by atoms with Gasteiger partial charge in [0.25, 0.3) is 0 Å². The van der Waals surface area contributed by atoms with Gasteiger partial charge in [0.2, 0.25) is 11.8 Å². The van der Waals surface area contributed by atoms with Crippen molar-refractivity contribution in [3.8, 4) is 0 Å². The molecule has 2 unspecified atom stereocenters. The Kier molecular flexibility index (Phi) is 14.3. The third-order valence-electron chi connectivity index (χ3n) is 4.71. The molecule has 2 amide bonds. The predicted octanol–water partition coefficient (Wildman–Crippen LogP) is 2.42. The lowest BCUT2D eigenvalue weighted by atomic mass is 9.83. The summed E-state index contributed by atoms with van der Waals surface area (Å²) in [7, 11) is 3.17. The molecule has 0 spiro atoms. The smallest absolute Gasteiger partial charge is 0.331 e. The van der Waals surface area contributed by atoms with Gasteiger partial charge in [-0.05, 0) is 31.7 Å². The van der Waals surface area contributed by atoms with Crippen molar-refractivity contribution in [1.29, 1.82) is 0 Å². The summed E-state index contributed by atoms with van der Waals surface area (Å²) in [5.41, 5.74) is -1.63. The Morgan fingerprint density at radius 3 is 1.94 bits per heavy atom. The summed E-state index contributed by atoms with van der Waals surface area (Å²) < 4.78 is 0. The van der Waals surface area contributed by atoms with Crippen LogP contribution in [-0.4, -0.2) is 71.7 Å². The lowest BCUT2D eigenvalue weighted by Gasteiger charge is -2.38. The van der Waals surface area contributed by atoms with Crippen molar-refractivity contribution in [3.05, 3.63) is 11.6 Å². The van der Waals surface area contributed by atoms with Crippen LogP contribution in [0.1, 0.15) is 68.2 Å². The number of carbonyl (C=O) groups excluding carboxylic acids is 2. The summed E-state index contributed by atoms with van der Waals surface area (Å²) in [4.78, 5) is 38.3. The number of nitrogens with one attached hydrogen (secondary N) is 2. The number of amides is 2. The fraction of sp³-hybridized carbons (Fsp3) is 0.783. The summed E-state index contributed by atoms with van der Waals surface area (Å²) in [5, 5.41) is 24.5. The lowest BCUT2D eigenvalue weighted by Crippen LogP contribution is -2.64. The molecular weight excluding hydrogens is 398 g/mol. The maximum atomic E-state index is 13.0. The maximum absolute atomic E-state index is 13.0. The minimum Gasteiger partial charge on any atom is -0.478 e. The Morgan fingerprint density at radius 1 is 1.13 bits per heavy atom. The summed E-state index contributed by atoms with van der Waals surface area (Å²) in [5.74, 6) is -1.66. The molecule has 4 N–H and O–H groups in total. The number of aliphatic hydroxyl groups is 1. The Balaban J connectivity index is 0. The van der Waals surface area contributed by atoms with Crippen molar-refractivity contribution >= 4 is 17.8 Å². The molecular formula is C23H45N3O5. The van der Waals surface area contributed by atoms with Crippen LogP contribution < -0.4 is 10.6 Å². The van der Waals surface area contributed by atoms with Gasteiger partial charge < -0.3 is 25.7 Å². The molecule has 182 valence electrons. The van der Waals surface area contributed by atoms with Gasteiger partial charge in [0.15, 0.2) is 0 Å². The average molecular weight is 444 g/mol. The highest BCUT2D eigenvalue weighted by atomic mass is 16.4. The molecule has 2 atom stereocenters. The third kappa shape index (κ3) is 10.8. The molecule has 8 nitrogen and oxygen atoms in total. The summed E-state index contributed by atoms with van der Waals surface area (Å²) in [6.45, 7) is 14.8. The zero-order valence-corrected chi connectivity index (χ0v) is 21.1. The van der Waals surface area contributed by atoms with Crippen LogP contribution in [0.2, 0.25) is 0 Å². The number of carboxylic acid groups (broad SMARTS) is 1. The largest absolute Gasteiger partial charge is 0.478 e. The minimum absolute atomic E-state index is 0.114. The second-order valence-electron chi connectivity index (χ2n) is 9.48. The Bertz CT molecular complexity index is 605. The molecule has 0 saturated carbocycles. The predicted molar refractivity (Wildman–Crippen MR) is 125 cm³/mol. The first-order valence-corrected chi connectivity index (χ1v) is 10.9. The van der Waals surface area contributed by atoms with Gasteiger partial charge in [-0.15, -0.1) is 0 Å². The highest BCUT2D eigenvalue weighted by molar-refractivity contribution is 5.93.